The van der Waals surface area contributed by atoms with E-state index in [1.165, 1.54) is 0 Å². The summed E-state index contributed by atoms with van der Waals surface area (Å²) in [5.41, 5.74) is 2.05. The molecule has 0 radical (unpaired) electrons. The molecule has 6 nitrogen and oxygen atoms in total. The summed E-state index contributed by atoms with van der Waals surface area (Å²) < 4.78 is 34.4. The summed E-state index contributed by atoms with van der Waals surface area (Å²) in [6.07, 6.45) is 5.54. The van der Waals surface area contributed by atoms with E-state index in [0.717, 1.165) is 16.7 Å². The van der Waals surface area contributed by atoms with Gasteiger partial charge in [-0.15, -0.1) is 0 Å². The van der Waals surface area contributed by atoms with Crippen molar-refractivity contribution in [1.82, 2.24) is 9.62 Å². The molecule has 0 spiro atoms. The second-order valence-corrected chi connectivity index (χ2v) is 10.9. The van der Waals surface area contributed by atoms with Gasteiger partial charge >= 0.3 is 6.09 Å². The predicted octanol–water partition coefficient (Wildman–Crippen LogP) is 5.51. The highest BCUT2D eigenvalue weighted by molar-refractivity contribution is 7.89. The van der Waals surface area contributed by atoms with Gasteiger partial charge in [-0.3, -0.25) is 0 Å². The van der Waals surface area contributed by atoms with Gasteiger partial charge in [-0.05, 0) is 69.9 Å². The molecule has 0 aromatic heterocycles. The SMILES string of the molecule is C=Cc1ccc(S(=O)(=O)N[C@H](C)CN(CCc2ccccc2)C(=O)OC(C)(C)C)cc1/C=C\C. The average molecular weight is 485 g/mol. The average Bonchev–Trinajstić information content (AvgIpc) is 2.76. The first-order chi connectivity index (χ1) is 15.9. The molecule has 2 rings (SSSR count). The van der Waals surface area contributed by atoms with Gasteiger partial charge in [-0.25, -0.2) is 17.9 Å². The lowest BCUT2D eigenvalue weighted by Gasteiger charge is -2.29. The number of hydrogen-bond donors (Lipinski definition) is 1. The van der Waals surface area contributed by atoms with Gasteiger partial charge in [0.15, 0.2) is 0 Å². The van der Waals surface area contributed by atoms with Gasteiger partial charge in [0.05, 0.1) is 4.90 Å². The molecular formula is C27H36N2O4S. The maximum Gasteiger partial charge on any atom is 0.410 e. The summed E-state index contributed by atoms with van der Waals surface area (Å²) in [5, 5.41) is 0. The summed E-state index contributed by atoms with van der Waals surface area (Å²) in [6.45, 7) is 13.4. The highest BCUT2D eigenvalue weighted by atomic mass is 32.2. The minimum Gasteiger partial charge on any atom is -0.444 e. The molecule has 2 aromatic carbocycles. The summed E-state index contributed by atoms with van der Waals surface area (Å²) in [5.74, 6) is 0. The van der Waals surface area contributed by atoms with Crippen LogP contribution in [0.25, 0.3) is 12.2 Å². The van der Waals surface area contributed by atoms with Gasteiger partial charge < -0.3 is 9.64 Å². The highest BCUT2D eigenvalue weighted by Crippen LogP contribution is 2.19. The zero-order valence-corrected chi connectivity index (χ0v) is 21.6. The van der Waals surface area contributed by atoms with Crippen LogP contribution in [0.15, 0.2) is 66.1 Å². The molecule has 184 valence electrons. The van der Waals surface area contributed by atoms with Crippen LogP contribution in [0.2, 0.25) is 0 Å². The van der Waals surface area contributed by atoms with Gasteiger partial charge in [0, 0.05) is 19.1 Å². The number of benzene rings is 2. The van der Waals surface area contributed by atoms with Gasteiger partial charge in [-0.1, -0.05) is 61.2 Å². The van der Waals surface area contributed by atoms with E-state index in [0.29, 0.717) is 13.0 Å². The largest absolute Gasteiger partial charge is 0.444 e. The normalized spacial score (nSPS) is 13.0. The molecule has 7 heteroatoms. The molecule has 2 aromatic rings. The molecule has 0 unspecified atom stereocenters. The molecule has 34 heavy (non-hydrogen) atoms. The van der Waals surface area contributed by atoms with Crippen molar-refractivity contribution in [2.75, 3.05) is 13.1 Å². The first-order valence-electron chi connectivity index (χ1n) is 11.4. The third-order valence-corrected chi connectivity index (χ3v) is 6.54. The molecule has 1 atom stereocenters. The Labute approximate surface area is 204 Å². The number of carbonyl (C=O) groups is 1. The smallest absolute Gasteiger partial charge is 0.410 e. The van der Waals surface area contributed by atoms with Gasteiger partial charge in [-0.2, -0.15) is 0 Å². The topological polar surface area (TPSA) is 75.7 Å². The number of ether oxygens (including phenoxy) is 1. The fourth-order valence-corrected chi connectivity index (χ4v) is 4.69. The Kier molecular flexibility index (Phi) is 9.65. The van der Waals surface area contributed by atoms with E-state index in [2.05, 4.69) is 11.3 Å². The molecule has 0 saturated carbocycles. The summed E-state index contributed by atoms with van der Waals surface area (Å²) in [7, 11) is -3.80. The van der Waals surface area contributed by atoms with Crippen LogP contribution >= 0.6 is 0 Å². The summed E-state index contributed by atoms with van der Waals surface area (Å²) in [4.78, 5) is 14.6. The lowest BCUT2D eigenvalue weighted by Crippen LogP contribution is -2.46. The number of nitrogens with zero attached hydrogens (tertiary/aromatic N) is 1. The minimum absolute atomic E-state index is 0.158. The number of carbonyl (C=O) groups excluding carboxylic acids is 1. The van der Waals surface area contributed by atoms with Gasteiger partial charge in [0.2, 0.25) is 10.0 Å². The lowest BCUT2D eigenvalue weighted by atomic mass is 10.1. The first-order valence-corrected chi connectivity index (χ1v) is 12.9. The van der Waals surface area contributed by atoms with Gasteiger partial charge in [0.25, 0.3) is 0 Å². The van der Waals surface area contributed by atoms with E-state index in [1.54, 1.807) is 36.1 Å². The third-order valence-electron chi connectivity index (χ3n) is 4.95. The number of amides is 1. The van der Waals surface area contributed by atoms with Crippen molar-refractivity contribution in [3.63, 3.8) is 0 Å². The van der Waals surface area contributed by atoms with E-state index in [-0.39, 0.29) is 11.4 Å². The standard InChI is InChI=1S/C27H36N2O4S/c1-7-12-24-19-25(16-15-23(24)8-2)34(31,32)28-21(3)20-29(26(30)33-27(4,5)6)18-17-22-13-10-9-11-14-22/h7-16,19,21,28H,2,17-18,20H2,1,3-6H3/b12-7-/t21-/m1/s1. The van der Waals surface area contributed by atoms with Crippen molar-refractivity contribution in [1.29, 1.82) is 0 Å². The Morgan fingerprint density at radius 3 is 2.41 bits per heavy atom. The molecule has 0 heterocycles. The van der Waals surface area contributed by atoms with Crippen molar-refractivity contribution in [3.05, 3.63) is 77.9 Å². The van der Waals surface area contributed by atoms with Crippen molar-refractivity contribution >= 4 is 28.3 Å². The first kappa shape index (κ1) is 27.3. The Balaban J connectivity index is 2.18. The zero-order valence-electron chi connectivity index (χ0n) is 20.7. The molecule has 1 amide bonds. The van der Waals surface area contributed by atoms with Crippen LogP contribution in [0.1, 0.15) is 51.3 Å². The second-order valence-electron chi connectivity index (χ2n) is 9.18. The van der Waals surface area contributed by atoms with Crippen molar-refractivity contribution < 1.29 is 17.9 Å². The van der Waals surface area contributed by atoms with Crippen LogP contribution in [-0.4, -0.2) is 44.1 Å². The maximum absolute atomic E-state index is 13.1. The molecule has 1 N–H and O–H groups in total. The fourth-order valence-electron chi connectivity index (χ4n) is 3.42. The van der Waals surface area contributed by atoms with Crippen LogP contribution in [-0.2, 0) is 21.2 Å². The lowest BCUT2D eigenvalue weighted by molar-refractivity contribution is 0.0241. The summed E-state index contributed by atoms with van der Waals surface area (Å²) >= 11 is 0. The molecular weight excluding hydrogens is 448 g/mol. The van der Waals surface area contributed by atoms with Crippen LogP contribution in [0.4, 0.5) is 4.79 Å². The highest BCUT2D eigenvalue weighted by Gasteiger charge is 2.26. The molecule has 0 fully saturated rings. The Hall–Kier alpha value is -2.90. The summed E-state index contributed by atoms with van der Waals surface area (Å²) in [6, 6.07) is 14.2. The van der Waals surface area contributed by atoms with Crippen molar-refractivity contribution in [3.8, 4) is 0 Å². The fraction of sp³-hybridized carbons (Fsp3) is 0.370. The van der Waals surface area contributed by atoms with E-state index in [1.807, 2.05) is 70.2 Å². The number of nitrogens with one attached hydrogen (secondary N) is 1. The van der Waals surface area contributed by atoms with Crippen LogP contribution in [0, 0.1) is 0 Å². The monoisotopic (exact) mass is 484 g/mol. The number of allylic oxidation sites excluding steroid dienone is 1. The molecule has 0 aliphatic heterocycles. The van der Waals surface area contributed by atoms with Crippen molar-refractivity contribution in [2.45, 2.75) is 57.6 Å². The minimum atomic E-state index is -3.80. The maximum atomic E-state index is 13.1. The zero-order chi connectivity index (χ0) is 25.4. The molecule has 0 aliphatic rings. The van der Waals surface area contributed by atoms with E-state index in [9.17, 15) is 13.2 Å². The molecule has 0 saturated heterocycles. The van der Waals surface area contributed by atoms with E-state index >= 15 is 0 Å². The number of rotatable bonds is 10. The molecule has 0 aliphatic carbocycles. The Morgan fingerprint density at radius 2 is 1.82 bits per heavy atom. The quantitative estimate of drug-likeness (QED) is 0.482. The van der Waals surface area contributed by atoms with Crippen molar-refractivity contribution in [2.24, 2.45) is 0 Å². The van der Waals surface area contributed by atoms with E-state index in [4.69, 9.17) is 4.74 Å². The second kappa shape index (κ2) is 12.0. The third kappa shape index (κ3) is 8.47. The predicted molar refractivity (Wildman–Crippen MR) is 139 cm³/mol. The van der Waals surface area contributed by atoms with Crippen LogP contribution < -0.4 is 4.72 Å². The Bertz CT molecular complexity index is 1100. The van der Waals surface area contributed by atoms with E-state index < -0.39 is 27.8 Å². The van der Waals surface area contributed by atoms with Crippen LogP contribution in [0.3, 0.4) is 0 Å². The molecule has 0 bridgehead atoms. The van der Waals surface area contributed by atoms with Crippen LogP contribution in [0.5, 0.6) is 0 Å². The Morgan fingerprint density at radius 1 is 1.15 bits per heavy atom. The number of sulfonamides is 1. The number of hydrogen-bond acceptors (Lipinski definition) is 4. The van der Waals surface area contributed by atoms with Gasteiger partial charge in [0.1, 0.15) is 5.60 Å².